The lowest BCUT2D eigenvalue weighted by molar-refractivity contribution is 0.0387. The normalized spacial score (nSPS) is 26.3. The molecule has 0 aromatic heterocycles. The molecule has 1 heterocycles. The summed E-state index contributed by atoms with van der Waals surface area (Å²) in [7, 11) is 0. The van der Waals surface area contributed by atoms with Gasteiger partial charge in [0.25, 0.3) is 0 Å². The highest BCUT2D eigenvalue weighted by atomic mass is 16.5. The van der Waals surface area contributed by atoms with Crippen LogP contribution in [0.3, 0.4) is 0 Å². The van der Waals surface area contributed by atoms with Crippen LogP contribution in [0, 0.1) is 5.92 Å². The van der Waals surface area contributed by atoms with E-state index in [1.165, 1.54) is 18.4 Å². The Kier molecular flexibility index (Phi) is 5.41. The number of benzene rings is 1. The molecule has 1 aromatic rings. The van der Waals surface area contributed by atoms with Crippen molar-refractivity contribution in [1.29, 1.82) is 0 Å². The van der Waals surface area contributed by atoms with Crippen molar-refractivity contribution in [2.24, 2.45) is 5.92 Å². The molecule has 0 aliphatic carbocycles. The summed E-state index contributed by atoms with van der Waals surface area (Å²) in [5, 5.41) is 3.63. The summed E-state index contributed by atoms with van der Waals surface area (Å²) in [6.45, 7) is 7.71. The summed E-state index contributed by atoms with van der Waals surface area (Å²) < 4.78 is 5.97. The maximum Gasteiger partial charge on any atom is 0.0583 e. The van der Waals surface area contributed by atoms with E-state index < -0.39 is 0 Å². The molecule has 0 amide bonds. The third kappa shape index (κ3) is 4.05. The van der Waals surface area contributed by atoms with Gasteiger partial charge in [-0.25, -0.2) is 0 Å². The highest BCUT2D eigenvalue weighted by Crippen LogP contribution is 2.30. The van der Waals surface area contributed by atoms with Gasteiger partial charge in [0, 0.05) is 6.04 Å². The van der Waals surface area contributed by atoms with Gasteiger partial charge >= 0.3 is 0 Å². The fourth-order valence-electron chi connectivity index (χ4n) is 3.14. The summed E-state index contributed by atoms with van der Waals surface area (Å²) >= 11 is 0. The molecule has 106 valence electrons. The number of rotatable bonds is 6. The molecule has 1 aliphatic heterocycles. The van der Waals surface area contributed by atoms with Crippen molar-refractivity contribution in [3.05, 3.63) is 35.9 Å². The first-order valence-electron chi connectivity index (χ1n) is 7.64. The quantitative estimate of drug-likeness (QED) is 0.837. The van der Waals surface area contributed by atoms with E-state index in [2.05, 4.69) is 56.4 Å². The first-order valence-corrected chi connectivity index (χ1v) is 7.64. The number of nitrogens with one attached hydrogen (secondary N) is 1. The van der Waals surface area contributed by atoms with E-state index in [0.29, 0.717) is 24.2 Å². The van der Waals surface area contributed by atoms with E-state index in [1.807, 2.05) is 0 Å². The summed E-state index contributed by atoms with van der Waals surface area (Å²) in [5.74, 6) is 0.595. The summed E-state index contributed by atoms with van der Waals surface area (Å²) in [6.07, 6.45) is 4.49. The smallest absolute Gasteiger partial charge is 0.0583 e. The maximum atomic E-state index is 5.97. The fourth-order valence-corrected chi connectivity index (χ4v) is 3.14. The van der Waals surface area contributed by atoms with Gasteiger partial charge in [0.1, 0.15) is 0 Å². The van der Waals surface area contributed by atoms with Crippen molar-refractivity contribution in [2.75, 3.05) is 6.54 Å². The van der Waals surface area contributed by atoms with Crippen LogP contribution in [-0.2, 0) is 4.74 Å². The molecule has 1 N–H and O–H groups in total. The van der Waals surface area contributed by atoms with Crippen LogP contribution in [0.1, 0.15) is 51.6 Å². The van der Waals surface area contributed by atoms with Crippen molar-refractivity contribution in [1.82, 2.24) is 5.32 Å². The van der Waals surface area contributed by atoms with Gasteiger partial charge in [0.2, 0.25) is 0 Å². The minimum absolute atomic E-state index is 0.436. The van der Waals surface area contributed by atoms with Crippen LogP contribution >= 0.6 is 0 Å². The predicted octanol–water partition coefficient (Wildman–Crippen LogP) is 3.93. The average molecular weight is 261 g/mol. The van der Waals surface area contributed by atoms with Crippen LogP contribution < -0.4 is 5.32 Å². The van der Waals surface area contributed by atoms with E-state index in [9.17, 15) is 0 Å². The molecule has 1 saturated heterocycles. The van der Waals surface area contributed by atoms with Crippen molar-refractivity contribution in [3.63, 3.8) is 0 Å². The molecule has 0 saturated carbocycles. The second kappa shape index (κ2) is 7.06. The van der Waals surface area contributed by atoms with Gasteiger partial charge in [-0.2, -0.15) is 0 Å². The Morgan fingerprint density at radius 1 is 1.26 bits per heavy atom. The molecule has 4 unspecified atom stereocenters. The second-order valence-electron chi connectivity index (χ2n) is 5.81. The van der Waals surface area contributed by atoms with Gasteiger partial charge in [0.15, 0.2) is 0 Å². The molecule has 2 rings (SSSR count). The molecule has 0 radical (unpaired) electrons. The summed E-state index contributed by atoms with van der Waals surface area (Å²) in [4.78, 5) is 0. The standard InChI is InChI=1S/C17H27NO/c1-4-18-17(15-8-6-5-7-9-15)13(2)12-16-11-10-14(3)19-16/h5-9,13-14,16-18H,4,10-12H2,1-3H3. The van der Waals surface area contributed by atoms with E-state index in [1.54, 1.807) is 0 Å². The lowest BCUT2D eigenvalue weighted by Gasteiger charge is -2.27. The fraction of sp³-hybridized carbons (Fsp3) is 0.647. The molecule has 19 heavy (non-hydrogen) atoms. The third-order valence-electron chi connectivity index (χ3n) is 4.11. The van der Waals surface area contributed by atoms with Crippen molar-refractivity contribution >= 4 is 0 Å². The van der Waals surface area contributed by atoms with Gasteiger partial charge in [-0.15, -0.1) is 0 Å². The van der Waals surface area contributed by atoms with Crippen LogP contribution in [0.25, 0.3) is 0 Å². The minimum atomic E-state index is 0.436. The molecule has 1 aliphatic rings. The van der Waals surface area contributed by atoms with E-state index in [4.69, 9.17) is 4.74 Å². The van der Waals surface area contributed by atoms with Crippen molar-refractivity contribution in [3.8, 4) is 0 Å². The van der Waals surface area contributed by atoms with E-state index in [0.717, 1.165) is 13.0 Å². The van der Waals surface area contributed by atoms with Gasteiger partial charge in [-0.3, -0.25) is 0 Å². The molecule has 2 nitrogen and oxygen atoms in total. The average Bonchev–Trinajstić information content (AvgIpc) is 2.82. The summed E-state index contributed by atoms with van der Waals surface area (Å²) in [5.41, 5.74) is 1.39. The SMILES string of the molecule is CCNC(c1ccccc1)C(C)CC1CCC(C)O1. The molecular formula is C17H27NO. The topological polar surface area (TPSA) is 21.3 Å². The molecule has 0 spiro atoms. The predicted molar refractivity (Wildman–Crippen MR) is 80.2 cm³/mol. The Labute approximate surface area is 117 Å². The van der Waals surface area contributed by atoms with E-state index in [-0.39, 0.29) is 0 Å². The zero-order valence-electron chi connectivity index (χ0n) is 12.4. The Morgan fingerprint density at radius 2 is 2.00 bits per heavy atom. The first-order chi connectivity index (χ1) is 9.20. The Balaban J connectivity index is 1.98. The van der Waals surface area contributed by atoms with E-state index >= 15 is 0 Å². The van der Waals surface area contributed by atoms with Crippen LogP contribution in [0.2, 0.25) is 0 Å². The minimum Gasteiger partial charge on any atom is -0.375 e. The van der Waals surface area contributed by atoms with Gasteiger partial charge < -0.3 is 10.1 Å². The van der Waals surface area contributed by atoms with Crippen LogP contribution in [0.15, 0.2) is 30.3 Å². The highest BCUT2D eigenvalue weighted by Gasteiger charge is 2.27. The van der Waals surface area contributed by atoms with Crippen molar-refractivity contribution in [2.45, 2.75) is 58.3 Å². The molecule has 2 heteroatoms. The highest BCUT2D eigenvalue weighted by molar-refractivity contribution is 5.19. The molecule has 1 fully saturated rings. The lowest BCUT2D eigenvalue weighted by atomic mass is 9.89. The number of hydrogen-bond acceptors (Lipinski definition) is 2. The Bertz CT molecular complexity index is 365. The van der Waals surface area contributed by atoms with Crippen LogP contribution in [0.5, 0.6) is 0 Å². The largest absolute Gasteiger partial charge is 0.375 e. The zero-order chi connectivity index (χ0) is 13.7. The maximum absolute atomic E-state index is 5.97. The lowest BCUT2D eigenvalue weighted by Crippen LogP contribution is -2.29. The molecular weight excluding hydrogens is 234 g/mol. The second-order valence-corrected chi connectivity index (χ2v) is 5.81. The van der Waals surface area contributed by atoms with Gasteiger partial charge in [-0.1, -0.05) is 44.2 Å². The van der Waals surface area contributed by atoms with Gasteiger partial charge in [-0.05, 0) is 44.2 Å². The van der Waals surface area contributed by atoms with Crippen LogP contribution in [0.4, 0.5) is 0 Å². The zero-order valence-corrected chi connectivity index (χ0v) is 12.4. The molecule has 0 bridgehead atoms. The number of ether oxygens (including phenoxy) is 1. The third-order valence-corrected chi connectivity index (χ3v) is 4.11. The van der Waals surface area contributed by atoms with Crippen molar-refractivity contribution < 1.29 is 4.74 Å². The number of hydrogen-bond donors (Lipinski definition) is 1. The Morgan fingerprint density at radius 3 is 2.58 bits per heavy atom. The monoisotopic (exact) mass is 261 g/mol. The Hall–Kier alpha value is -0.860. The molecule has 4 atom stereocenters. The van der Waals surface area contributed by atoms with Gasteiger partial charge in [0.05, 0.1) is 12.2 Å². The summed E-state index contributed by atoms with van der Waals surface area (Å²) in [6, 6.07) is 11.2. The first kappa shape index (κ1) is 14.5. The van der Waals surface area contributed by atoms with Crippen LogP contribution in [-0.4, -0.2) is 18.8 Å². The molecule has 1 aromatic carbocycles.